The molecule has 0 fully saturated rings. The van der Waals surface area contributed by atoms with E-state index in [2.05, 4.69) is 48.7 Å². The van der Waals surface area contributed by atoms with E-state index in [1.807, 2.05) is 43.7 Å². The summed E-state index contributed by atoms with van der Waals surface area (Å²) in [5.74, 6) is 0.695. The fourth-order valence-corrected chi connectivity index (χ4v) is 4.13. The second-order valence-electron chi connectivity index (χ2n) is 9.76. The van der Waals surface area contributed by atoms with E-state index in [1.54, 1.807) is 0 Å². The molecule has 1 aromatic heterocycles. The summed E-state index contributed by atoms with van der Waals surface area (Å²) in [7, 11) is 0. The van der Waals surface area contributed by atoms with E-state index in [1.165, 1.54) is 5.56 Å². The SMILES string of the molecule is CC(C)n1cc2cc(COc3cccc4c3CCNC4CC(=O)OC(C)(C)C)ccc2n1. The maximum Gasteiger partial charge on any atom is 0.308 e. The summed E-state index contributed by atoms with van der Waals surface area (Å²) in [4.78, 5) is 12.4. The Bertz CT molecular complexity index is 1110. The zero-order chi connectivity index (χ0) is 22.9. The number of nitrogens with one attached hydrogen (secondary N) is 1. The van der Waals surface area contributed by atoms with Gasteiger partial charge >= 0.3 is 5.97 Å². The first-order chi connectivity index (χ1) is 15.2. The predicted molar refractivity (Wildman–Crippen MR) is 126 cm³/mol. The molecule has 1 unspecified atom stereocenters. The Kier molecular flexibility index (Phi) is 6.24. The van der Waals surface area contributed by atoms with E-state index in [4.69, 9.17) is 9.47 Å². The lowest BCUT2D eigenvalue weighted by Crippen LogP contribution is -2.33. The van der Waals surface area contributed by atoms with Gasteiger partial charge in [0.25, 0.3) is 0 Å². The van der Waals surface area contributed by atoms with Crippen LogP contribution in [0.15, 0.2) is 42.6 Å². The minimum absolute atomic E-state index is 0.0598. The average Bonchev–Trinajstić information content (AvgIpc) is 3.15. The van der Waals surface area contributed by atoms with Gasteiger partial charge in [0.05, 0.1) is 11.9 Å². The molecular formula is C26H33N3O3. The molecule has 32 heavy (non-hydrogen) atoms. The maximum atomic E-state index is 12.4. The van der Waals surface area contributed by atoms with Crippen molar-refractivity contribution in [1.29, 1.82) is 0 Å². The first-order valence-corrected chi connectivity index (χ1v) is 11.4. The number of benzene rings is 2. The third-order valence-electron chi connectivity index (χ3n) is 5.61. The fourth-order valence-electron chi connectivity index (χ4n) is 4.13. The van der Waals surface area contributed by atoms with Crippen LogP contribution in [0.4, 0.5) is 0 Å². The standard InChI is InChI=1S/C26H33N3O3/c1-17(2)29-15-19-13-18(9-10-22(19)28-29)16-31-24-8-6-7-20-21(24)11-12-27-23(20)14-25(30)32-26(3,4)5/h6-10,13,15,17,23,27H,11-12,14,16H2,1-5H3. The Morgan fingerprint density at radius 2 is 2.06 bits per heavy atom. The summed E-state index contributed by atoms with van der Waals surface area (Å²) in [6.07, 6.45) is 3.27. The van der Waals surface area contributed by atoms with Crippen molar-refractivity contribution in [2.75, 3.05) is 6.54 Å². The van der Waals surface area contributed by atoms with Crippen LogP contribution in [0, 0.1) is 0 Å². The van der Waals surface area contributed by atoms with E-state index in [-0.39, 0.29) is 12.0 Å². The molecule has 1 N–H and O–H groups in total. The molecule has 0 bridgehead atoms. The smallest absolute Gasteiger partial charge is 0.308 e. The molecule has 1 atom stereocenters. The largest absolute Gasteiger partial charge is 0.489 e. The Hall–Kier alpha value is -2.86. The van der Waals surface area contributed by atoms with Gasteiger partial charge < -0.3 is 14.8 Å². The molecule has 1 aliphatic heterocycles. The van der Waals surface area contributed by atoms with Crippen molar-refractivity contribution >= 4 is 16.9 Å². The molecular weight excluding hydrogens is 402 g/mol. The summed E-state index contributed by atoms with van der Waals surface area (Å²) in [5, 5.41) is 9.19. The number of hydrogen-bond donors (Lipinski definition) is 1. The van der Waals surface area contributed by atoms with Gasteiger partial charge in [-0.05, 0) is 76.9 Å². The van der Waals surface area contributed by atoms with E-state index >= 15 is 0 Å². The highest BCUT2D eigenvalue weighted by Gasteiger charge is 2.27. The molecule has 2 aromatic carbocycles. The van der Waals surface area contributed by atoms with Crippen LogP contribution in [0.1, 0.15) is 69.8 Å². The quantitative estimate of drug-likeness (QED) is 0.545. The van der Waals surface area contributed by atoms with Crippen molar-refractivity contribution in [1.82, 2.24) is 15.1 Å². The van der Waals surface area contributed by atoms with Gasteiger partial charge in [-0.1, -0.05) is 18.2 Å². The Morgan fingerprint density at radius 3 is 2.81 bits per heavy atom. The lowest BCUT2D eigenvalue weighted by molar-refractivity contribution is -0.155. The van der Waals surface area contributed by atoms with Crippen LogP contribution in [-0.4, -0.2) is 27.9 Å². The lowest BCUT2D eigenvalue weighted by Gasteiger charge is -2.29. The molecule has 3 aromatic rings. The molecule has 0 saturated carbocycles. The number of esters is 1. The lowest BCUT2D eigenvalue weighted by atomic mass is 9.91. The first-order valence-electron chi connectivity index (χ1n) is 11.4. The molecule has 6 heteroatoms. The monoisotopic (exact) mass is 435 g/mol. The first kappa shape index (κ1) is 22.3. The fraction of sp³-hybridized carbons (Fsp3) is 0.462. The van der Waals surface area contributed by atoms with E-state index in [0.717, 1.165) is 40.7 Å². The highest BCUT2D eigenvalue weighted by molar-refractivity contribution is 5.78. The topological polar surface area (TPSA) is 65.4 Å². The molecule has 0 aliphatic carbocycles. The van der Waals surface area contributed by atoms with Gasteiger partial charge in [-0.25, -0.2) is 0 Å². The highest BCUT2D eigenvalue weighted by atomic mass is 16.6. The molecule has 0 amide bonds. The Balaban J connectivity index is 1.48. The third kappa shape index (κ3) is 5.13. The highest BCUT2D eigenvalue weighted by Crippen LogP contribution is 2.33. The van der Waals surface area contributed by atoms with Gasteiger partial charge in [-0.2, -0.15) is 5.10 Å². The number of ether oxygens (including phenoxy) is 2. The summed E-state index contributed by atoms with van der Waals surface area (Å²) in [6, 6.07) is 12.6. The van der Waals surface area contributed by atoms with Gasteiger partial charge in [-0.3, -0.25) is 9.48 Å². The number of carbonyl (C=O) groups excluding carboxylic acids is 1. The summed E-state index contributed by atoms with van der Waals surface area (Å²) < 4.78 is 13.8. The van der Waals surface area contributed by atoms with Crippen molar-refractivity contribution in [2.45, 2.75) is 71.8 Å². The van der Waals surface area contributed by atoms with Gasteiger partial charge in [0, 0.05) is 29.2 Å². The normalized spacial score (nSPS) is 16.2. The maximum absolute atomic E-state index is 12.4. The van der Waals surface area contributed by atoms with Gasteiger partial charge in [0.15, 0.2) is 0 Å². The van der Waals surface area contributed by atoms with E-state index < -0.39 is 5.60 Å². The van der Waals surface area contributed by atoms with Crippen LogP contribution in [0.2, 0.25) is 0 Å². The predicted octanol–water partition coefficient (Wildman–Crippen LogP) is 5.11. The van der Waals surface area contributed by atoms with Crippen molar-refractivity contribution in [2.24, 2.45) is 0 Å². The second-order valence-corrected chi connectivity index (χ2v) is 9.76. The van der Waals surface area contributed by atoms with E-state index in [9.17, 15) is 4.79 Å². The number of rotatable bonds is 6. The van der Waals surface area contributed by atoms with Gasteiger partial charge in [0.1, 0.15) is 18.0 Å². The summed E-state index contributed by atoms with van der Waals surface area (Å²) in [5.41, 5.74) is 3.92. The van der Waals surface area contributed by atoms with Crippen LogP contribution in [0.3, 0.4) is 0 Å². The summed E-state index contributed by atoms with van der Waals surface area (Å²) in [6.45, 7) is 11.2. The van der Waals surface area contributed by atoms with E-state index in [0.29, 0.717) is 19.1 Å². The second kappa shape index (κ2) is 8.94. The molecule has 0 radical (unpaired) electrons. The minimum atomic E-state index is -0.480. The summed E-state index contributed by atoms with van der Waals surface area (Å²) >= 11 is 0. The average molecular weight is 436 g/mol. The Morgan fingerprint density at radius 1 is 1.25 bits per heavy atom. The molecule has 2 heterocycles. The van der Waals surface area contributed by atoms with Gasteiger partial charge in [-0.15, -0.1) is 0 Å². The number of fused-ring (bicyclic) bond motifs is 2. The van der Waals surface area contributed by atoms with Gasteiger partial charge in [0.2, 0.25) is 0 Å². The molecule has 1 aliphatic rings. The Labute approximate surface area is 189 Å². The number of carbonyl (C=O) groups is 1. The molecule has 170 valence electrons. The molecule has 6 nitrogen and oxygen atoms in total. The molecule has 0 saturated heterocycles. The van der Waals surface area contributed by atoms with Crippen LogP contribution < -0.4 is 10.1 Å². The van der Waals surface area contributed by atoms with Crippen LogP contribution in [0.25, 0.3) is 10.9 Å². The number of hydrogen-bond acceptors (Lipinski definition) is 5. The van der Waals surface area contributed by atoms with Crippen molar-refractivity contribution in [3.63, 3.8) is 0 Å². The van der Waals surface area contributed by atoms with Crippen LogP contribution >= 0.6 is 0 Å². The van der Waals surface area contributed by atoms with Crippen LogP contribution in [0.5, 0.6) is 5.75 Å². The minimum Gasteiger partial charge on any atom is -0.489 e. The zero-order valence-electron chi connectivity index (χ0n) is 19.6. The van der Waals surface area contributed by atoms with Crippen molar-refractivity contribution in [3.05, 3.63) is 59.3 Å². The van der Waals surface area contributed by atoms with Crippen molar-refractivity contribution in [3.8, 4) is 5.75 Å². The zero-order valence-corrected chi connectivity index (χ0v) is 19.6. The molecule has 0 spiro atoms. The van der Waals surface area contributed by atoms with Crippen LogP contribution in [-0.2, 0) is 22.6 Å². The third-order valence-corrected chi connectivity index (χ3v) is 5.61. The number of aromatic nitrogens is 2. The van der Waals surface area contributed by atoms with Crippen molar-refractivity contribution < 1.29 is 14.3 Å². The molecule has 4 rings (SSSR count). The number of nitrogens with zero attached hydrogens (tertiary/aromatic N) is 2.